The SMILES string of the molecule is CCS(=O)(=O)Nc1ccnc(-c2cn(C)c(=O)c3ccc(-c4c[nH]nc4C)cc23)c1. The van der Waals surface area contributed by atoms with E-state index in [0.717, 1.165) is 27.8 Å². The second-order valence-corrected chi connectivity index (χ2v) is 9.05. The monoisotopic (exact) mass is 423 g/mol. The highest BCUT2D eigenvalue weighted by atomic mass is 32.2. The fraction of sp³-hybridized carbons (Fsp3) is 0.190. The van der Waals surface area contributed by atoms with Gasteiger partial charge in [0.2, 0.25) is 10.0 Å². The minimum absolute atomic E-state index is 0.0269. The van der Waals surface area contributed by atoms with Crippen LogP contribution in [0.4, 0.5) is 5.69 Å². The fourth-order valence-electron chi connectivity index (χ4n) is 3.38. The summed E-state index contributed by atoms with van der Waals surface area (Å²) >= 11 is 0. The lowest BCUT2D eigenvalue weighted by Gasteiger charge is -2.12. The third-order valence-electron chi connectivity index (χ3n) is 5.01. The lowest BCUT2D eigenvalue weighted by Crippen LogP contribution is -2.17. The predicted molar refractivity (Wildman–Crippen MR) is 118 cm³/mol. The van der Waals surface area contributed by atoms with Gasteiger partial charge in [-0.05, 0) is 49.1 Å². The van der Waals surface area contributed by atoms with Gasteiger partial charge in [-0.1, -0.05) is 6.07 Å². The molecule has 0 saturated heterocycles. The Bertz CT molecular complexity index is 1420. The molecule has 4 aromatic rings. The molecule has 3 heterocycles. The minimum atomic E-state index is -3.41. The van der Waals surface area contributed by atoms with Crippen molar-refractivity contribution in [2.24, 2.45) is 7.05 Å². The van der Waals surface area contributed by atoms with Crippen LogP contribution in [0.25, 0.3) is 33.2 Å². The van der Waals surface area contributed by atoms with E-state index in [1.54, 1.807) is 44.6 Å². The Hall–Kier alpha value is -3.46. The van der Waals surface area contributed by atoms with Crippen LogP contribution < -0.4 is 10.3 Å². The summed E-state index contributed by atoms with van der Waals surface area (Å²) in [6, 6.07) is 8.90. The number of aromatic amines is 1. The average molecular weight is 423 g/mol. The number of benzene rings is 1. The van der Waals surface area contributed by atoms with E-state index in [2.05, 4.69) is 19.9 Å². The van der Waals surface area contributed by atoms with Crippen LogP contribution in [0.15, 0.2) is 53.7 Å². The van der Waals surface area contributed by atoms with Crippen LogP contribution in [0, 0.1) is 6.92 Å². The van der Waals surface area contributed by atoms with Crippen molar-refractivity contribution < 1.29 is 8.42 Å². The van der Waals surface area contributed by atoms with Gasteiger partial charge >= 0.3 is 0 Å². The third-order valence-corrected chi connectivity index (χ3v) is 6.32. The molecule has 0 spiro atoms. The first-order chi connectivity index (χ1) is 14.3. The van der Waals surface area contributed by atoms with E-state index in [0.29, 0.717) is 16.8 Å². The summed E-state index contributed by atoms with van der Waals surface area (Å²) in [5, 5.41) is 8.32. The summed E-state index contributed by atoms with van der Waals surface area (Å²) < 4.78 is 27.9. The third kappa shape index (κ3) is 3.59. The number of sulfonamides is 1. The molecule has 0 fully saturated rings. The highest BCUT2D eigenvalue weighted by Gasteiger charge is 2.14. The van der Waals surface area contributed by atoms with Gasteiger partial charge in [0.25, 0.3) is 5.56 Å². The number of anilines is 1. The highest BCUT2D eigenvalue weighted by molar-refractivity contribution is 7.92. The normalized spacial score (nSPS) is 11.7. The van der Waals surface area contributed by atoms with E-state index in [4.69, 9.17) is 0 Å². The van der Waals surface area contributed by atoms with Crippen LogP contribution in [0.5, 0.6) is 0 Å². The van der Waals surface area contributed by atoms with Crippen molar-refractivity contribution in [1.82, 2.24) is 19.7 Å². The Labute approximate surface area is 173 Å². The number of H-pyrrole nitrogens is 1. The van der Waals surface area contributed by atoms with Crippen molar-refractivity contribution >= 4 is 26.5 Å². The maximum atomic E-state index is 12.7. The summed E-state index contributed by atoms with van der Waals surface area (Å²) in [5.74, 6) is -0.0269. The standard InChI is InChI=1S/C21H21N5O3S/c1-4-30(28,29)25-15-7-8-22-20(10-15)19-12-26(3)21(27)16-6-5-14(9-17(16)19)18-11-23-24-13(18)2/h5-12H,4H2,1-3H3,(H,22,25)(H,23,24). The zero-order valence-corrected chi connectivity index (χ0v) is 17.6. The van der Waals surface area contributed by atoms with Crippen LogP contribution in [0.2, 0.25) is 0 Å². The molecule has 3 aromatic heterocycles. The largest absolute Gasteiger partial charge is 0.317 e. The molecule has 9 heteroatoms. The molecular weight excluding hydrogens is 402 g/mol. The maximum absolute atomic E-state index is 12.7. The van der Waals surface area contributed by atoms with Crippen LogP contribution in [-0.4, -0.2) is 33.9 Å². The summed E-state index contributed by atoms with van der Waals surface area (Å²) in [7, 11) is -1.73. The number of hydrogen-bond donors (Lipinski definition) is 2. The van der Waals surface area contributed by atoms with Crippen molar-refractivity contribution in [3.05, 3.63) is 65.0 Å². The topological polar surface area (TPSA) is 110 Å². The molecule has 4 rings (SSSR count). The molecule has 30 heavy (non-hydrogen) atoms. The summed E-state index contributed by atoms with van der Waals surface area (Å²) in [6.07, 6.45) is 5.08. The molecule has 8 nitrogen and oxygen atoms in total. The number of pyridine rings is 2. The Morgan fingerprint density at radius 1 is 1.13 bits per heavy atom. The molecule has 2 N–H and O–H groups in total. The molecule has 0 radical (unpaired) electrons. The van der Waals surface area contributed by atoms with Crippen molar-refractivity contribution in [1.29, 1.82) is 0 Å². The number of rotatable bonds is 5. The number of aromatic nitrogens is 4. The van der Waals surface area contributed by atoms with E-state index in [-0.39, 0.29) is 11.3 Å². The van der Waals surface area contributed by atoms with Crippen LogP contribution in [0.3, 0.4) is 0 Å². The molecule has 0 unspecified atom stereocenters. The molecule has 0 aliphatic heterocycles. The van der Waals surface area contributed by atoms with Crippen LogP contribution >= 0.6 is 0 Å². The zero-order chi connectivity index (χ0) is 21.5. The molecule has 1 aromatic carbocycles. The fourth-order valence-corrected chi connectivity index (χ4v) is 4.01. The Morgan fingerprint density at radius 2 is 1.93 bits per heavy atom. The molecular formula is C21H21N5O3S. The van der Waals surface area contributed by atoms with Crippen molar-refractivity contribution in [2.75, 3.05) is 10.5 Å². The van der Waals surface area contributed by atoms with Crippen LogP contribution in [0.1, 0.15) is 12.6 Å². The first-order valence-corrected chi connectivity index (χ1v) is 11.1. The van der Waals surface area contributed by atoms with Crippen molar-refractivity contribution in [3.63, 3.8) is 0 Å². The average Bonchev–Trinajstić information content (AvgIpc) is 3.16. The smallest absolute Gasteiger partial charge is 0.258 e. The van der Waals surface area contributed by atoms with Crippen molar-refractivity contribution in [2.45, 2.75) is 13.8 Å². The van der Waals surface area contributed by atoms with Gasteiger partial charge in [0.15, 0.2) is 0 Å². The van der Waals surface area contributed by atoms with Gasteiger partial charge in [0.1, 0.15) is 0 Å². The lowest BCUT2D eigenvalue weighted by atomic mass is 9.98. The Kier molecular flexibility index (Phi) is 4.90. The molecule has 0 aliphatic carbocycles. The number of fused-ring (bicyclic) bond motifs is 1. The molecule has 154 valence electrons. The van der Waals surface area contributed by atoms with Gasteiger partial charge in [-0.25, -0.2) is 8.42 Å². The molecule has 0 bridgehead atoms. The summed E-state index contributed by atoms with van der Waals surface area (Å²) in [5.41, 5.74) is 4.32. The summed E-state index contributed by atoms with van der Waals surface area (Å²) in [4.78, 5) is 17.1. The van der Waals surface area contributed by atoms with Crippen molar-refractivity contribution in [3.8, 4) is 22.4 Å². The maximum Gasteiger partial charge on any atom is 0.258 e. The van der Waals surface area contributed by atoms with E-state index >= 15 is 0 Å². The molecule has 0 atom stereocenters. The first-order valence-electron chi connectivity index (χ1n) is 9.40. The van der Waals surface area contributed by atoms with E-state index in [9.17, 15) is 13.2 Å². The van der Waals surface area contributed by atoms with E-state index in [1.807, 2.05) is 25.3 Å². The Morgan fingerprint density at radius 3 is 2.63 bits per heavy atom. The molecule has 0 aliphatic rings. The number of aryl methyl sites for hydroxylation is 2. The van der Waals surface area contributed by atoms with Gasteiger partial charge in [-0.3, -0.25) is 19.6 Å². The molecule has 0 amide bonds. The number of hydrogen-bond acceptors (Lipinski definition) is 5. The minimum Gasteiger partial charge on any atom is -0.317 e. The van der Waals surface area contributed by atoms with Gasteiger partial charge in [0, 0.05) is 42.2 Å². The number of nitrogens with one attached hydrogen (secondary N) is 2. The van der Waals surface area contributed by atoms with Gasteiger partial charge in [-0.15, -0.1) is 0 Å². The Balaban J connectivity index is 1.93. The van der Waals surface area contributed by atoms with E-state index in [1.165, 1.54) is 4.57 Å². The quantitative estimate of drug-likeness (QED) is 0.513. The zero-order valence-electron chi connectivity index (χ0n) is 16.8. The van der Waals surface area contributed by atoms with Gasteiger partial charge in [-0.2, -0.15) is 5.10 Å². The second kappa shape index (κ2) is 7.42. The van der Waals surface area contributed by atoms with Gasteiger partial charge < -0.3 is 4.57 Å². The number of nitrogens with zero attached hydrogens (tertiary/aromatic N) is 3. The molecule has 0 saturated carbocycles. The highest BCUT2D eigenvalue weighted by Crippen LogP contribution is 2.31. The predicted octanol–water partition coefficient (Wildman–Crippen LogP) is 3.06. The first kappa shape index (κ1) is 19.8. The van der Waals surface area contributed by atoms with Crippen LogP contribution in [-0.2, 0) is 17.1 Å². The van der Waals surface area contributed by atoms with Gasteiger partial charge in [0.05, 0.1) is 22.8 Å². The second-order valence-electron chi connectivity index (χ2n) is 7.04. The lowest BCUT2D eigenvalue weighted by molar-refractivity contribution is 0.602. The van der Waals surface area contributed by atoms with E-state index < -0.39 is 10.0 Å². The summed E-state index contributed by atoms with van der Waals surface area (Å²) in [6.45, 7) is 3.48.